The van der Waals surface area contributed by atoms with Gasteiger partial charge in [0.1, 0.15) is 0 Å². The number of nitrogens with one attached hydrogen (secondary N) is 2. The SMILES string of the molecule is CC(C)NC(=O)NC(=O)CN1CCN(c2ccccc2Cl)CC1. The first-order valence-electron chi connectivity index (χ1n) is 7.78. The molecule has 2 rings (SSSR count). The van der Waals surface area contributed by atoms with Crippen molar-refractivity contribution >= 4 is 29.2 Å². The van der Waals surface area contributed by atoms with Crippen molar-refractivity contribution in [3.63, 3.8) is 0 Å². The monoisotopic (exact) mass is 338 g/mol. The van der Waals surface area contributed by atoms with Gasteiger partial charge in [0, 0.05) is 32.2 Å². The fourth-order valence-corrected chi connectivity index (χ4v) is 2.78. The molecule has 6 nitrogen and oxygen atoms in total. The molecule has 0 spiro atoms. The predicted molar refractivity (Wildman–Crippen MR) is 91.9 cm³/mol. The first kappa shape index (κ1) is 17.6. The van der Waals surface area contributed by atoms with Crippen molar-refractivity contribution in [1.82, 2.24) is 15.5 Å². The standard InChI is InChI=1S/C16H23ClN4O2/c1-12(2)18-16(23)19-15(22)11-20-7-9-21(10-8-20)14-6-4-3-5-13(14)17/h3-6,12H,7-11H2,1-2H3,(H2,18,19,22,23). The number of halogens is 1. The summed E-state index contributed by atoms with van der Waals surface area (Å²) in [4.78, 5) is 27.6. The third-order valence-corrected chi connectivity index (χ3v) is 3.92. The van der Waals surface area contributed by atoms with Crippen LogP contribution >= 0.6 is 11.6 Å². The second-order valence-corrected chi connectivity index (χ2v) is 6.30. The van der Waals surface area contributed by atoms with Crippen molar-refractivity contribution < 1.29 is 9.59 Å². The highest BCUT2D eigenvalue weighted by atomic mass is 35.5. The summed E-state index contributed by atoms with van der Waals surface area (Å²) in [6, 6.07) is 7.32. The molecule has 1 aromatic carbocycles. The van der Waals surface area contributed by atoms with E-state index in [-0.39, 0.29) is 18.5 Å². The van der Waals surface area contributed by atoms with E-state index < -0.39 is 6.03 Å². The summed E-state index contributed by atoms with van der Waals surface area (Å²) >= 11 is 6.21. The second kappa shape index (κ2) is 8.17. The van der Waals surface area contributed by atoms with Gasteiger partial charge in [-0.2, -0.15) is 0 Å². The number of hydrogen-bond acceptors (Lipinski definition) is 4. The van der Waals surface area contributed by atoms with Crippen molar-refractivity contribution in [2.45, 2.75) is 19.9 Å². The van der Waals surface area contributed by atoms with Crippen molar-refractivity contribution in [3.05, 3.63) is 29.3 Å². The molecule has 1 heterocycles. The summed E-state index contributed by atoms with van der Waals surface area (Å²) in [6.45, 7) is 7.02. The minimum Gasteiger partial charge on any atom is -0.368 e. The Hall–Kier alpha value is -1.79. The summed E-state index contributed by atoms with van der Waals surface area (Å²) in [5, 5.41) is 5.72. The van der Waals surface area contributed by atoms with E-state index in [1.807, 2.05) is 43.0 Å². The Labute approximate surface area is 141 Å². The number of benzene rings is 1. The molecule has 1 fully saturated rings. The molecule has 1 aliphatic rings. The fraction of sp³-hybridized carbons (Fsp3) is 0.500. The van der Waals surface area contributed by atoms with Crippen LogP contribution in [0, 0.1) is 0 Å². The lowest BCUT2D eigenvalue weighted by Crippen LogP contribution is -2.51. The van der Waals surface area contributed by atoms with E-state index in [2.05, 4.69) is 15.5 Å². The van der Waals surface area contributed by atoms with E-state index in [9.17, 15) is 9.59 Å². The number of amides is 3. The van der Waals surface area contributed by atoms with Crippen molar-refractivity contribution in [2.75, 3.05) is 37.6 Å². The molecule has 1 aliphatic heterocycles. The number of carbonyl (C=O) groups excluding carboxylic acids is 2. The zero-order valence-electron chi connectivity index (χ0n) is 13.5. The zero-order chi connectivity index (χ0) is 16.8. The van der Waals surface area contributed by atoms with Crippen LogP contribution in [0.1, 0.15) is 13.8 Å². The zero-order valence-corrected chi connectivity index (χ0v) is 14.3. The summed E-state index contributed by atoms with van der Waals surface area (Å²) in [6.07, 6.45) is 0. The number of imide groups is 1. The number of urea groups is 1. The van der Waals surface area contributed by atoms with Crippen LogP contribution in [0.4, 0.5) is 10.5 Å². The van der Waals surface area contributed by atoms with Crippen LogP contribution in [0.15, 0.2) is 24.3 Å². The first-order valence-corrected chi connectivity index (χ1v) is 8.15. The normalized spacial score (nSPS) is 15.6. The molecule has 0 radical (unpaired) electrons. The highest BCUT2D eigenvalue weighted by Gasteiger charge is 2.21. The molecule has 0 aromatic heterocycles. The number of anilines is 1. The van der Waals surface area contributed by atoms with E-state index in [0.29, 0.717) is 0 Å². The number of carbonyl (C=O) groups is 2. The van der Waals surface area contributed by atoms with Gasteiger partial charge in [-0.1, -0.05) is 23.7 Å². The lowest BCUT2D eigenvalue weighted by Gasteiger charge is -2.36. The predicted octanol–water partition coefficient (Wildman–Crippen LogP) is 1.70. The Morgan fingerprint density at radius 1 is 1.17 bits per heavy atom. The number of para-hydroxylation sites is 1. The quantitative estimate of drug-likeness (QED) is 0.877. The first-order chi connectivity index (χ1) is 11.0. The maximum atomic E-state index is 11.9. The molecule has 126 valence electrons. The van der Waals surface area contributed by atoms with Crippen molar-refractivity contribution in [1.29, 1.82) is 0 Å². The molecule has 3 amide bonds. The van der Waals surface area contributed by atoms with Gasteiger partial charge in [0.15, 0.2) is 0 Å². The summed E-state index contributed by atoms with van der Waals surface area (Å²) in [7, 11) is 0. The Bertz CT molecular complexity index is 557. The van der Waals surface area contributed by atoms with Crippen LogP contribution in [-0.2, 0) is 4.79 Å². The fourth-order valence-electron chi connectivity index (χ4n) is 2.52. The smallest absolute Gasteiger partial charge is 0.321 e. The molecular weight excluding hydrogens is 316 g/mol. The molecule has 23 heavy (non-hydrogen) atoms. The van der Waals surface area contributed by atoms with Crippen molar-refractivity contribution in [2.24, 2.45) is 0 Å². The van der Waals surface area contributed by atoms with E-state index >= 15 is 0 Å². The molecule has 2 N–H and O–H groups in total. The van der Waals surface area contributed by atoms with Gasteiger partial charge >= 0.3 is 6.03 Å². The molecule has 1 saturated heterocycles. The number of piperazine rings is 1. The third-order valence-electron chi connectivity index (χ3n) is 3.61. The number of hydrogen-bond donors (Lipinski definition) is 2. The van der Waals surface area contributed by atoms with Gasteiger partial charge in [-0.3, -0.25) is 15.0 Å². The molecule has 0 unspecified atom stereocenters. The highest BCUT2D eigenvalue weighted by molar-refractivity contribution is 6.33. The Morgan fingerprint density at radius 3 is 2.43 bits per heavy atom. The molecule has 0 aliphatic carbocycles. The van der Waals surface area contributed by atoms with Crippen LogP contribution in [0.2, 0.25) is 5.02 Å². The van der Waals surface area contributed by atoms with E-state index in [4.69, 9.17) is 11.6 Å². The average molecular weight is 339 g/mol. The van der Waals surface area contributed by atoms with Gasteiger partial charge < -0.3 is 10.2 Å². The van der Waals surface area contributed by atoms with Crippen LogP contribution < -0.4 is 15.5 Å². The Balaban J connectivity index is 1.77. The summed E-state index contributed by atoms with van der Waals surface area (Å²) in [5.41, 5.74) is 1.02. The van der Waals surface area contributed by atoms with Crippen molar-refractivity contribution in [3.8, 4) is 0 Å². The van der Waals surface area contributed by atoms with Gasteiger partial charge in [0.2, 0.25) is 5.91 Å². The average Bonchev–Trinajstić information content (AvgIpc) is 2.47. The molecule has 0 bridgehead atoms. The topological polar surface area (TPSA) is 64.7 Å². The molecule has 0 atom stereocenters. The minimum atomic E-state index is -0.445. The second-order valence-electron chi connectivity index (χ2n) is 5.89. The maximum Gasteiger partial charge on any atom is 0.321 e. The van der Waals surface area contributed by atoms with Gasteiger partial charge in [-0.05, 0) is 26.0 Å². The summed E-state index contributed by atoms with van der Waals surface area (Å²) < 4.78 is 0. The van der Waals surface area contributed by atoms with Crippen LogP contribution in [0.3, 0.4) is 0 Å². The third kappa shape index (κ3) is 5.41. The van der Waals surface area contributed by atoms with E-state index in [1.54, 1.807) is 0 Å². The van der Waals surface area contributed by atoms with Crippen LogP contribution in [0.5, 0.6) is 0 Å². The molecule has 7 heteroatoms. The number of rotatable bonds is 4. The number of nitrogens with zero attached hydrogens (tertiary/aromatic N) is 2. The summed E-state index contributed by atoms with van der Waals surface area (Å²) in [5.74, 6) is -0.283. The van der Waals surface area contributed by atoms with E-state index in [0.717, 1.165) is 36.9 Å². The highest BCUT2D eigenvalue weighted by Crippen LogP contribution is 2.25. The maximum absolute atomic E-state index is 11.9. The minimum absolute atomic E-state index is 0.00182. The Kier molecular flexibility index (Phi) is 6.24. The van der Waals surface area contributed by atoms with E-state index in [1.165, 1.54) is 0 Å². The molecular formula is C16H23ClN4O2. The van der Waals surface area contributed by atoms with Crippen LogP contribution in [0.25, 0.3) is 0 Å². The van der Waals surface area contributed by atoms with Crippen LogP contribution in [-0.4, -0.2) is 55.6 Å². The van der Waals surface area contributed by atoms with Gasteiger partial charge in [-0.15, -0.1) is 0 Å². The van der Waals surface area contributed by atoms with Gasteiger partial charge in [0.05, 0.1) is 17.3 Å². The van der Waals surface area contributed by atoms with Gasteiger partial charge in [-0.25, -0.2) is 4.79 Å². The lowest BCUT2D eigenvalue weighted by molar-refractivity contribution is -0.121. The molecule has 0 saturated carbocycles. The largest absolute Gasteiger partial charge is 0.368 e. The molecule has 1 aromatic rings. The van der Waals surface area contributed by atoms with Gasteiger partial charge in [0.25, 0.3) is 0 Å². The lowest BCUT2D eigenvalue weighted by atomic mass is 10.2. The Morgan fingerprint density at radius 2 is 1.83 bits per heavy atom.